The Balaban J connectivity index is 1.10. The van der Waals surface area contributed by atoms with Crippen molar-refractivity contribution in [1.82, 2.24) is 5.32 Å². The Kier molecular flexibility index (Phi) is 8.67. The normalized spacial score (nSPS) is 38.2. The van der Waals surface area contributed by atoms with Gasteiger partial charge in [-0.05, 0) is 90.9 Å². The monoisotopic (exact) mass is 521 g/mol. The molecule has 4 aliphatic rings. The van der Waals surface area contributed by atoms with Gasteiger partial charge < -0.3 is 10.4 Å². The number of amides is 1. The Labute approximate surface area is 230 Å². The molecule has 0 bridgehead atoms. The third-order valence-corrected chi connectivity index (χ3v) is 11.9. The number of aliphatic hydroxyl groups is 1. The summed E-state index contributed by atoms with van der Waals surface area (Å²) in [5.41, 5.74) is 1.58. The second-order valence-corrected chi connectivity index (χ2v) is 13.9. The minimum atomic E-state index is -0.127. The first kappa shape index (κ1) is 27.9. The molecule has 4 fully saturated rings. The van der Waals surface area contributed by atoms with Crippen LogP contribution in [0.1, 0.15) is 116 Å². The molecule has 4 aliphatic carbocycles. The van der Waals surface area contributed by atoms with Crippen LogP contribution in [0.2, 0.25) is 0 Å². The molecule has 4 heteroatoms. The van der Waals surface area contributed by atoms with Crippen molar-refractivity contribution < 1.29 is 14.7 Å². The molecule has 0 saturated heterocycles. The molecule has 0 aromatic heterocycles. The SMILES string of the molecule is C[C@]12CCC(=O)C[C@@H]1C[C@@H](CCCCCCCC(=O)NCc1ccccc1)[C@@H]1[C@@H]2CC[C@]2(C)[C@@H](O)CC[C@@H]12. The quantitative estimate of drug-likeness (QED) is 0.319. The molecule has 5 rings (SSSR count). The number of hydrogen-bond donors (Lipinski definition) is 2. The van der Waals surface area contributed by atoms with Crippen LogP contribution in [0.4, 0.5) is 0 Å². The number of unbranched alkanes of at least 4 members (excludes halogenated alkanes) is 4. The van der Waals surface area contributed by atoms with Crippen LogP contribution in [0.25, 0.3) is 0 Å². The van der Waals surface area contributed by atoms with E-state index in [9.17, 15) is 14.7 Å². The van der Waals surface area contributed by atoms with E-state index in [0.29, 0.717) is 41.9 Å². The molecule has 38 heavy (non-hydrogen) atoms. The average Bonchev–Trinajstić information content (AvgIpc) is 3.22. The summed E-state index contributed by atoms with van der Waals surface area (Å²) in [5, 5.41) is 14.0. The van der Waals surface area contributed by atoms with Crippen LogP contribution in [0.15, 0.2) is 30.3 Å². The number of fused-ring (bicyclic) bond motifs is 5. The van der Waals surface area contributed by atoms with Crippen molar-refractivity contribution >= 4 is 11.7 Å². The van der Waals surface area contributed by atoms with Crippen LogP contribution >= 0.6 is 0 Å². The van der Waals surface area contributed by atoms with Gasteiger partial charge in [0.1, 0.15) is 5.78 Å². The molecular weight excluding hydrogens is 470 g/mol. The number of aliphatic hydroxyl groups excluding tert-OH is 1. The Morgan fingerprint density at radius 2 is 1.68 bits per heavy atom. The maximum Gasteiger partial charge on any atom is 0.220 e. The Bertz CT molecular complexity index is 962. The molecule has 1 aromatic carbocycles. The molecule has 210 valence electrons. The van der Waals surface area contributed by atoms with E-state index in [1.54, 1.807) is 0 Å². The minimum Gasteiger partial charge on any atom is -0.393 e. The number of ketones is 1. The second kappa shape index (κ2) is 11.8. The highest BCUT2D eigenvalue weighted by atomic mass is 16.3. The number of nitrogens with one attached hydrogen (secondary N) is 1. The van der Waals surface area contributed by atoms with Crippen molar-refractivity contribution in [3.63, 3.8) is 0 Å². The molecule has 8 atom stereocenters. The van der Waals surface area contributed by atoms with Crippen molar-refractivity contribution in [2.24, 2.45) is 40.4 Å². The van der Waals surface area contributed by atoms with Crippen molar-refractivity contribution in [3.05, 3.63) is 35.9 Å². The van der Waals surface area contributed by atoms with Gasteiger partial charge in [0.2, 0.25) is 5.91 Å². The van der Waals surface area contributed by atoms with E-state index in [-0.39, 0.29) is 17.4 Å². The standard InChI is InChI=1S/C34H51NO3/c1-33-19-17-27(36)22-26(33)21-25(32-28-15-16-30(37)34(28,2)20-18-29(32)33)13-9-4-3-5-10-14-31(38)35-23-24-11-7-6-8-12-24/h6-8,11-12,25-26,28-30,32,37H,3-5,9-10,13-23H2,1-2H3,(H,35,38)/t25-,26+,28+,29+,30+,32+,33+,34+/m1/s1. The zero-order chi connectivity index (χ0) is 26.8. The first-order valence-electron chi connectivity index (χ1n) is 15.8. The van der Waals surface area contributed by atoms with Crippen LogP contribution in [0, 0.1) is 40.4 Å². The average molecular weight is 522 g/mol. The number of rotatable bonds is 10. The summed E-state index contributed by atoms with van der Waals surface area (Å²) < 4.78 is 0. The summed E-state index contributed by atoms with van der Waals surface area (Å²) in [5.74, 6) is 4.06. The molecule has 0 aliphatic heterocycles. The van der Waals surface area contributed by atoms with Crippen molar-refractivity contribution in [1.29, 1.82) is 0 Å². The van der Waals surface area contributed by atoms with E-state index < -0.39 is 0 Å². The van der Waals surface area contributed by atoms with Crippen LogP contribution < -0.4 is 5.32 Å². The maximum atomic E-state index is 12.5. The Morgan fingerprint density at radius 3 is 2.50 bits per heavy atom. The fourth-order valence-corrected chi connectivity index (χ4v) is 9.60. The van der Waals surface area contributed by atoms with Gasteiger partial charge in [0, 0.05) is 25.8 Å². The van der Waals surface area contributed by atoms with Crippen molar-refractivity contribution in [3.8, 4) is 0 Å². The zero-order valence-electron chi connectivity index (χ0n) is 23.9. The summed E-state index contributed by atoms with van der Waals surface area (Å²) in [6.45, 7) is 5.53. The highest BCUT2D eigenvalue weighted by Gasteiger charge is 2.62. The molecule has 1 amide bonds. The van der Waals surface area contributed by atoms with Gasteiger partial charge in [-0.1, -0.05) is 76.3 Å². The first-order chi connectivity index (χ1) is 18.3. The van der Waals surface area contributed by atoms with Gasteiger partial charge in [-0.2, -0.15) is 0 Å². The van der Waals surface area contributed by atoms with Crippen LogP contribution in [-0.4, -0.2) is 22.9 Å². The minimum absolute atomic E-state index is 0.105. The summed E-state index contributed by atoms with van der Waals surface area (Å²) in [6, 6.07) is 10.1. The molecule has 0 spiro atoms. The molecule has 1 aromatic rings. The lowest BCUT2D eigenvalue weighted by Gasteiger charge is -2.62. The van der Waals surface area contributed by atoms with Gasteiger partial charge in [0.25, 0.3) is 0 Å². The number of hydrogen-bond acceptors (Lipinski definition) is 3. The Morgan fingerprint density at radius 1 is 0.947 bits per heavy atom. The fourth-order valence-electron chi connectivity index (χ4n) is 9.60. The van der Waals surface area contributed by atoms with E-state index in [2.05, 4.69) is 19.2 Å². The lowest BCUT2D eigenvalue weighted by atomic mass is 9.42. The molecule has 4 nitrogen and oxygen atoms in total. The third kappa shape index (κ3) is 5.62. The van der Waals surface area contributed by atoms with Gasteiger partial charge in [-0.25, -0.2) is 0 Å². The fraction of sp³-hybridized carbons (Fsp3) is 0.765. The van der Waals surface area contributed by atoms with Crippen LogP contribution in [0.3, 0.4) is 0 Å². The molecule has 4 saturated carbocycles. The molecule has 0 radical (unpaired) electrons. The molecule has 2 N–H and O–H groups in total. The van der Waals surface area contributed by atoms with E-state index >= 15 is 0 Å². The molecule has 0 unspecified atom stereocenters. The topological polar surface area (TPSA) is 66.4 Å². The van der Waals surface area contributed by atoms with Crippen LogP contribution in [-0.2, 0) is 16.1 Å². The smallest absolute Gasteiger partial charge is 0.220 e. The summed E-state index contributed by atoms with van der Waals surface area (Å²) in [6.07, 6.45) is 16.1. The number of carbonyl (C=O) groups excluding carboxylic acids is 2. The van der Waals surface area contributed by atoms with Gasteiger partial charge in [-0.3, -0.25) is 9.59 Å². The predicted octanol–water partition coefficient (Wildman–Crippen LogP) is 7.23. The summed E-state index contributed by atoms with van der Waals surface area (Å²) >= 11 is 0. The van der Waals surface area contributed by atoms with Gasteiger partial charge in [-0.15, -0.1) is 0 Å². The first-order valence-corrected chi connectivity index (χ1v) is 15.8. The zero-order valence-corrected chi connectivity index (χ0v) is 23.9. The largest absolute Gasteiger partial charge is 0.393 e. The lowest BCUT2D eigenvalue weighted by Crippen LogP contribution is -2.57. The number of benzene rings is 1. The van der Waals surface area contributed by atoms with E-state index in [1.165, 1.54) is 51.4 Å². The van der Waals surface area contributed by atoms with Gasteiger partial charge in [0.05, 0.1) is 6.10 Å². The highest BCUT2D eigenvalue weighted by Crippen LogP contribution is 2.67. The third-order valence-electron chi connectivity index (χ3n) is 11.9. The number of carbonyl (C=O) groups is 2. The molecule has 0 heterocycles. The van der Waals surface area contributed by atoms with E-state index in [0.717, 1.165) is 55.9 Å². The van der Waals surface area contributed by atoms with Crippen molar-refractivity contribution in [2.75, 3.05) is 0 Å². The Hall–Kier alpha value is -1.68. The van der Waals surface area contributed by atoms with Crippen molar-refractivity contribution in [2.45, 2.75) is 123 Å². The highest BCUT2D eigenvalue weighted by molar-refractivity contribution is 5.79. The predicted molar refractivity (Wildman–Crippen MR) is 152 cm³/mol. The summed E-state index contributed by atoms with van der Waals surface area (Å²) in [4.78, 5) is 24.7. The number of Topliss-reactive ketones (excluding diaryl/α,β-unsaturated/α-hetero) is 1. The molecular formula is C34H51NO3. The van der Waals surface area contributed by atoms with Crippen LogP contribution in [0.5, 0.6) is 0 Å². The van der Waals surface area contributed by atoms with E-state index in [1.807, 2.05) is 30.3 Å². The second-order valence-electron chi connectivity index (χ2n) is 13.9. The van der Waals surface area contributed by atoms with Gasteiger partial charge in [0.15, 0.2) is 0 Å². The lowest BCUT2D eigenvalue weighted by molar-refractivity contribution is -0.156. The maximum absolute atomic E-state index is 12.5. The van der Waals surface area contributed by atoms with E-state index in [4.69, 9.17) is 0 Å². The van der Waals surface area contributed by atoms with Gasteiger partial charge >= 0.3 is 0 Å². The summed E-state index contributed by atoms with van der Waals surface area (Å²) in [7, 11) is 0.